The quantitative estimate of drug-likeness (QED) is 0.800. The first kappa shape index (κ1) is 14.3. The van der Waals surface area contributed by atoms with E-state index in [0.717, 1.165) is 0 Å². The molecule has 2 aromatic carbocycles. The lowest BCUT2D eigenvalue weighted by Crippen LogP contribution is -2.12. The molecule has 0 saturated carbocycles. The van der Waals surface area contributed by atoms with E-state index in [1.54, 1.807) is 49.4 Å². The van der Waals surface area contributed by atoms with Crippen molar-refractivity contribution in [2.24, 2.45) is 0 Å². The Morgan fingerprint density at radius 2 is 1.82 bits per heavy atom. The Hall–Kier alpha value is -2.67. The number of anilines is 1. The number of rotatable bonds is 4. The first-order chi connectivity index (χ1) is 10.5. The molecule has 0 aliphatic heterocycles. The lowest BCUT2D eigenvalue weighted by molar-refractivity contribution is 0.425. The molecule has 1 N–H and O–H groups in total. The summed E-state index contributed by atoms with van der Waals surface area (Å²) in [6.45, 7) is 1.72. The first-order valence-corrected chi connectivity index (χ1v) is 8.01. The molecule has 7 heteroatoms. The summed E-state index contributed by atoms with van der Waals surface area (Å²) in [5.41, 5.74) is 1.08. The number of aryl methyl sites for hydroxylation is 1. The fourth-order valence-corrected chi connectivity index (χ4v) is 3.01. The largest absolute Gasteiger partial charge is 0.334 e. The molecular formula is C15H13N3O3S. The van der Waals surface area contributed by atoms with Crippen LogP contribution in [0.2, 0.25) is 0 Å². The molecule has 0 radical (unpaired) electrons. The van der Waals surface area contributed by atoms with Crippen molar-refractivity contribution in [3.8, 4) is 11.5 Å². The second-order valence-corrected chi connectivity index (χ2v) is 6.33. The van der Waals surface area contributed by atoms with E-state index in [0.29, 0.717) is 23.0 Å². The van der Waals surface area contributed by atoms with Crippen molar-refractivity contribution in [1.82, 2.24) is 10.1 Å². The number of hydrogen-bond acceptors (Lipinski definition) is 5. The van der Waals surface area contributed by atoms with Crippen LogP contribution in [0, 0.1) is 6.92 Å². The molecule has 3 rings (SSSR count). The van der Waals surface area contributed by atoms with Gasteiger partial charge in [-0.1, -0.05) is 29.4 Å². The van der Waals surface area contributed by atoms with E-state index in [1.165, 1.54) is 12.1 Å². The zero-order valence-corrected chi connectivity index (χ0v) is 12.5. The Kier molecular flexibility index (Phi) is 3.64. The topological polar surface area (TPSA) is 85.1 Å². The number of sulfonamides is 1. The maximum absolute atomic E-state index is 12.3. The number of aromatic nitrogens is 2. The fourth-order valence-electron chi connectivity index (χ4n) is 1.94. The van der Waals surface area contributed by atoms with Gasteiger partial charge in [0.25, 0.3) is 15.9 Å². The van der Waals surface area contributed by atoms with E-state index in [2.05, 4.69) is 14.9 Å². The van der Waals surface area contributed by atoms with Crippen LogP contribution in [-0.4, -0.2) is 18.6 Å². The first-order valence-electron chi connectivity index (χ1n) is 6.53. The molecule has 0 bridgehead atoms. The minimum Gasteiger partial charge on any atom is -0.334 e. The van der Waals surface area contributed by atoms with Gasteiger partial charge >= 0.3 is 0 Å². The maximum atomic E-state index is 12.3. The van der Waals surface area contributed by atoms with Crippen molar-refractivity contribution < 1.29 is 12.9 Å². The van der Waals surface area contributed by atoms with Crippen molar-refractivity contribution >= 4 is 15.7 Å². The second kappa shape index (κ2) is 5.61. The predicted octanol–water partition coefficient (Wildman–Crippen LogP) is 2.85. The standard InChI is InChI=1S/C15H13N3O3S/c1-11-16-15(21-17-11)12-6-5-7-13(10-12)18-22(19,20)14-8-3-2-4-9-14/h2-10,18H,1H3. The SMILES string of the molecule is Cc1noc(-c2cccc(NS(=O)(=O)c3ccccc3)c2)n1. The van der Waals surface area contributed by atoms with Crippen molar-refractivity contribution in [3.63, 3.8) is 0 Å². The average molecular weight is 315 g/mol. The summed E-state index contributed by atoms with van der Waals surface area (Å²) < 4.78 is 32.2. The molecule has 0 amide bonds. The highest BCUT2D eigenvalue weighted by molar-refractivity contribution is 7.92. The van der Waals surface area contributed by atoms with E-state index < -0.39 is 10.0 Å². The molecule has 1 heterocycles. The molecule has 3 aromatic rings. The van der Waals surface area contributed by atoms with Gasteiger partial charge in [0, 0.05) is 11.3 Å². The van der Waals surface area contributed by atoms with E-state index >= 15 is 0 Å². The zero-order valence-electron chi connectivity index (χ0n) is 11.7. The highest BCUT2D eigenvalue weighted by atomic mass is 32.2. The maximum Gasteiger partial charge on any atom is 0.261 e. The van der Waals surface area contributed by atoms with Crippen LogP contribution in [0.4, 0.5) is 5.69 Å². The predicted molar refractivity (Wildman–Crippen MR) is 81.7 cm³/mol. The molecule has 0 fully saturated rings. The molecular weight excluding hydrogens is 302 g/mol. The third-order valence-corrected chi connectivity index (χ3v) is 4.34. The monoisotopic (exact) mass is 315 g/mol. The lowest BCUT2D eigenvalue weighted by Gasteiger charge is -2.08. The van der Waals surface area contributed by atoms with Gasteiger partial charge in [-0.05, 0) is 37.3 Å². The molecule has 0 aliphatic carbocycles. The second-order valence-electron chi connectivity index (χ2n) is 4.65. The van der Waals surface area contributed by atoms with Crippen LogP contribution in [-0.2, 0) is 10.0 Å². The third kappa shape index (κ3) is 2.99. The van der Waals surface area contributed by atoms with Crippen LogP contribution in [0.5, 0.6) is 0 Å². The Morgan fingerprint density at radius 3 is 2.50 bits per heavy atom. The van der Waals surface area contributed by atoms with Gasteiger partial charge in [0.15, 0.2) is 5.82 Å². The summed E-state index contributed by atoms with van der Waals surface area (Å²) >= 11 is 0. The van der Waals surface area contributed by atoms with Crippen LogP contribution in [0.3, 0.4) is 0 Å². The van der Waals surface area contributed by atoms with Gasteiger partial charge in [0.2, 0.25) is 0 Å². The Morgan fingerprint density at radius 1 is 1.05 bits per heavy atom. The molecule has 1 aromatic heterocycles. The van der Waals surface area contributed by atoms with Crippen LogP contribution >= 0.6 is 0 Å². The molecule has 0 unspecified atom stereocenters. The van der Waals surface area contributed by atoms with Gasteiger partial charge < -0.3 is 4.52 Å². The number of benzene rings is 2. The van der Waals surface area contributed by atoms with Gasteiger partial charge in [0.05, 0.1) is 4.90 Å². The minimum atomic E-state index is -3.62. The van der Waals surface area contributed by atoms with E-state index in [4.69, 9.17) is 4.52 Å². The molecule has 6 nitrogen and oxygen atoms in total. The van der Waals surface area contributed by atoms with Crippen molar-refractivity contribution in [2.75, 3.05) is 4.72 Å². The smallest absolute Gasteiger partial charge is 0.261 e. The Bertz CT molecular complexity index is 889. The average Bonchev–Trinajstić information content (AvgIpc) is 2.95. The summed E-state index contributed by atoms with van der Waals surface area (Å²) in [6.07, 6.45) is 0. The molecule has 0 spiro atoms. The number of nitrogens with one attached hydrogen (secondary N) is 1. The Balaban J connectivity index is 1.90. The molecule has 22 heavy (non-hydrogen) atoms. The highest BCUT2D eigenvalue weighted by Crippen LogP contribution is 2.23. The molecule has 0 atom stereocenters. The summed E-state index contributed by atoms with van der Waals surface area (Å²) in [5.74, 6) is 0.864. The van der Waals surface area contributed by atoms with Crippen molar-refractivity contribution in [2.45, 2.75) is 11.8 Å². The van der Waals surface area contributed by atoms with E-state index in [9.17, 15) is 8.42 Å². The summed E-state index contributed by atoms with van der Waals surface area (Å²) in [4.78, 5) is 4.32. The molecule has 112 valence electrons. The zero-order chi connectivity index (χ0) is 15.6. The van der Waals surface area contributed by atoms with E-state index in [-0.39, 0.29) is 4.90 Å². The van der Waals surface area contributed by atoms with Crippen molar-refractivity contribution in [3.05, 3.63) is 60.4 Å². The van der Waals surface area contributed by atoms with Crippen LogP contribution in [0.25, 0.3) is 11.5 Å². The normalized spacial score (nSPS) is 11.3. The van der Waals surface area contributed by atoms with E-state index in [1.807, 2.05) is 0 Å². The van der Waals surface area contributed by atoms with Crippen LogP contribution in [0.1, 0.15) is 5.82 Å². The van der Waals surface area contributed by atoms with Gasteiger partial charge in [-0.2, -0.15) is 4.98 Å². The highest BCUT2D eigenvalue weighted by Gasteiger charge is 2.14. The minimum absolute atomic E-state index is 0.203. The molecule has 0 aliphatic rings. The van der Waals surface area contributed by atoms with Crippen molar-refractivity contribution in [1.29, 1.82) is 0 Å². The van der Waals surface area contributed by atoms with Gasteiger partial charge in [0.1, 0.15) is 0 Å². The Labute approximate surface area is 127 Å². The summed E-state index contributed by atoms with van der Waals surface area (Å²) in [5, 5.41) is 3.72. The van der Waals surface area contributed by atoms with Crippen LogP contribution < -0.4 is 4.72 Å². The summed E-state index contributed by atoms with van der Waals surface area (Å²) in [6, 6.07) is 15.0. The fraction of sp³-hybridized carbons (Fsp3) is 0.0667. The van der Waals surface area contributed by atoms with Crippen LogP contribution in [0.15, 0.2) is 64.0 Å². The lowest BCUT2D eigenvalue weighted by atomic mass is 10.2. The van der Waals surface area contributed by atoms with Gasteiger partial charge in [-0.3, -0.25) is 4.72 Å². The van der Waals surface area contributed by atoms with Gasteiger partial charge in [-0.15, -0.1) is 0 Å². The number of hydrogen-bond donors (Lipinski definition) is 1. The summed E-state index contributed by atoms with van der Waals surface area (Å²) in [7, 11) is -3.62. The number of nitrogens with zero attached hydrogens (tertiary/aromatic N) is 2. The third-order valence-electron chi connectivity index (χ3n) is 2.94. The molecule has 0 saturated heterocycles. The van der Waals surface area contributed by atoms with Gasteiger partial charge in [-0.25, -0.2) is 8.42 Å².